The molecule has 1 rings (SSSR count). The Bertz CT molecular complexity index is 440. The van der Waals surface area contributed by atoms with Crippen LogP contribution in [0.2, 0.25) is 0 Å². The molecule has 0 spiro atoms. The normalized spacial score (nSPS) is 13.7. The highest BCUT2D eigenvalue weighted by atomic mass is 16.5. The molecule has 0 aliphatic rings. The maximum atomic E-state index is 10.5. The van der Waals surface area contributed by atoms with Crippen molar-refractivity contribution in [1.82, 2.24) is 5.32 Å². The molecular weight excluding hydrogens is 250 g/mol. The Morgan fingerprint density at radius 3 is 2.70 bits per heavy atom. The monoisotopic (exact) mass is 273 g/mol. The van der Waals surface area contributed by atoms with Crippen molar-refractivity contribution in [1.29, 1.82) is 0 Å². The molecule has 1 N–H and O–H groups in total. The van der Waals surface area contributed by atoms with Crippen LogP contribution in [0.1, 0.15) is 31.7 Å². The van der Waals surface area contributed by atoms with E-state index < -0.39 is 0 Å². The van der Waals surface area contributed by atoms with E-state index in [9.17, 15) is 4.79 Å². The summed E-state index contributed by atoms with van der Waals surface area (Å²) in [6, 6.07) is 9.89. The van der Waals surface area contributed by atoms with Gasteiger partial charge in [0.2, 0.25) is 6.41 Å². The second kappa shape index (κ2) is 8.97. The third-order valence-corrected chi connectivity index (χ3v) is 3.27. The van der Waals surface area contributed by atoms with Gasteiger partial charge in [-0.25, -0.2) is 0 Å². The molecule has 1 amide bonds. The number of amides is 1. The molecule has 0 radical (unpaired) electrons. The second-order valence-electron chi connectivity index (χ2n) is 4.79. The number of benzene rings is 1. The maximum Gasteiger partial charge on any atom is 0.207 e. The molecule has 0 aliphatic carbocycles. The SMILES string of the molecule is C=C(O/C=C\C(C)CC)C(CNC=O)c1ccccc1. The molecule has 108 valence electrons. The van der Waals surface area contributed by atoms with Gasteiger partial charge in [0.05, 0.1) is 12.2 Å². The smallest absolute Gasteiger partial charge is 0.207 e. The van der Waals surface area contributed by atoms with E-state index >= 15 is 0 Å². The van der Waals surface area contributed by atoms with Crippen LogP contribution in [0.4, 0.5) is 0 Å². The summed E-state index contributed by atoms with van der Waals surface area (Å²) in [6.45, 7) is 8.71. The fraction of sp³-hybridized carbons (Fsp3) is 0.353. The molecule has 3 nitrogen and oxygen atoms in total. The van der Waals surface area contributed by atoms with Crippen molar-refractivity contribution in [2.75, 3.05) is 6.54 Å². The van der Waals surface area contributed by atoms with Gasteiger partial charge in [-0.15, -0.1) is 0 Å². The number of carbonyl (C=O) groups excluding carboxylic acids is 1. The Balaban J connectivity index is 2.70. The van der Waals surface area contributed by atoms with Gasteiger partial charge in [-0.2, -0.15) is 0 Å². The zero-order valence-electron chi connectivity index (χ0n) is 12.2. The Morgan fingerprint density at radius 2 is 2.10 bits per heavy atom. The van der Waals surface area contributed by atoms with Crippen LogP contribution >= 0.6 is 0 Å². The van der Waals surface area contributed by atoms with Gasteiger partial charge < -0.3 is 10.1 Å². The molecule has 0 aromatic heterocycles. The van der Waals surface area contributed by atoms with Crippen molar-refractivity contribution in [2.24, 2.45) is 5.92 Å². The molecular formula is C17H23NO2. The minimum atomic E-state index is -0.0528. The van der Waals surface area contributed by atoms with E-state index in [0.29, 0.717) is 24.6 Å². The molecule has 2 atom stereocenters. The van der Waals surface area contributed by atoms with Gasteiger partial charge in [0.15, 0.2) is 0 Å². The topological polar surface area (TPSA) is 38.3 Å². The Morgan fingerprint density at radius 1 is 1.40 bits per heavy atom. The average Bonchev–Trinajstić information content (AvgIpc) is 2.48. The van der Waals surface area contributed by atoms with Crippen molar-refractivity contribution < 1.29 is 9.53 Å². The lowest BCUT2D eigenvalue weighted by atomic mass is 9.97. The minimum Gasteiger partial charge on any atom is -0.470 e. The summed E-state index contributed by atoms with van der Waals surface area (Å²) in [5.74, 6) is 1.05. The maximum absolute atomic E-state index is 10.5. The minimum absolute atomic E-state index is 0.0528. The first-order chi connectivity index (χ1) is 9.69. The molecule has 0 aliphatic heterocycles. The average molecular weight is 273 g/mol. The van der Waals surface area contributed by atoms with Gasteiger partial charge in [0, 0.05) is 6.54 Å². The molecule has 1 aromatic carbocycles. The summed E-state index contributed by atoms with van der Waals surface area (Å²) in [6.07, 6.45) is 5.47. The van der Waals surface area contributed by atoms with E-state index in [4.69, 9.17) is 4.74 Å². The molecule has 20 heavy (non-hydrogen) atoms. The van der Waals surface area contributed by atoms with Gasteiger partial charge in [0.1, 0.15) is 5.76 Å². The molecule has 0 saturated heterocycles. The van der Waals surface area contributed by atoms with Gasteiger partial charge in [0.25, 0.3) is 0 Å². The van der Waals surface area contributed by atoms with Gasteiger partial charge in [-0.3, -0.25) is 4.79 Å². The quantitative estimate of drug-likeness (QED) is 0.551. The van der Waals surface area contributed by atoms with Crippen molar-refractivity contribution in [3.8, 4) is 0 Å². The predicted octanol–water partition coefficient (Wildman–Crippen LogP) is 3.61. The lowest BCUT2D eigenvalue weighted by molar-refractivity contribution is -0.109. The predicted molar refractivity (Wildman–Crippen MR) is 82.1 cm³/mol. The van der Waals surface area contributed by atoms with Gasteiger partial charge in [-0.05, 0) is 24.0 Å². The van der Waals surface area contributed by atoms with Crippen molar-refractivity contribution in [3.05, 3.63) is 60.6 Å². The van der Waals surface area contributed by atoms with Crippen molar-refractivity contribution in [3.63, 3.8) is 0 Å². The molecule has 2 unspecified atom stereocenters. The van der Waals surface area contributed by atoms with Crippen molar-refractivity contribution >= 4 is 6.41 Å². The molecule has 3 heteroatoms. The zero-order valence-corrected chi connectivity index (χ0v) is 12.2. The Hall–Kier alpha value is -2.03. The summed E-state index contributed by atoms with van der Waals surface area (Å²) in [7, 11) is 0. The summed E-state index contributed by atoms with van der Waals surface area (Å²) < 4.78 is 5.60. The lowest BCUT2D eigenvalue weighted by Gasteiger charge is -2.18. The van der Waals surface area contributed by atoms with Crippen LogP contribution in [-0.4, -0.2) is 13.0 Å². The lowest BCUT2D eigenvalue weighted by Crippen LogP contribution is -2.21. The van der Waals surface area contributed by atoms with E-state index in [2.05, 4.69) is 25.7 Å². The molecule has 0 bridgehead atoms. The Labute approximate surface area is 121 Å². The standard InChI is InChI=1S/C17H23NO2/c1-4-14(2)10-11-20-15(3)17(12-18-13-19)16-8-6-5-7-9-16/h5-11,13-14,17H,3-4,12H2,1-2H3,(H,18,19)/b11-10-. The molecule has 1 aromatic rings. The molecule has 0 heterocycles. The summed E-state index contributed by atoms with van der Waals surface area (Å²) in [4.78, 5) is 10.5. The number of hydrogen-bond acceptors (Lipinski definition) is 2. The third kappa shape index (κ3) is 5.31. The highest BCUT2D eigenvalue weighted by Crippen LogP contribution is 2.23. The molecule has 0 fully saturated rings. The van der Waals surface area contributed by atoms with E-state index in [1.54, 1.807) is 6.26 Å². The molecule has 0 saturated carbocycles. The second-order valence-corrected chi connectivity index (χ2v) is 4.79. The number of allylic oxidation sites excluding steroid dienone is 1. The fourth-order valence-corrected chi connectivity index (χ4v) is 1.75. The van der Waals surface area contributed by atoms with E-state index in [0.717, 1.165) is 12.0 Å². The highest BCUT2D eigenvalue weighted by Gasteiger charge is 2.15. The van der Waals surface area contributed by atoms with Crippen LogP contribution in [0.3, 0.4) is 0 Å². The highest BCUT2D eigenvalue weighted by molar-refractivity contribution is 5.46. The third-order valence-electron chi connectivity index (χ3n) is 3.27. The summed E-state index contributed by atoms with van der Waals surface area (Å²) in [5.41, 5.74) is 1.07. The van der Waals surface area contributed by atoms with Crippen LogP contribution in [0, 0.1) is 5.92 Å². The first-order valence-electron chi connectivity index (χ1n) is 6.93. The van der Waals surface area contributed by atoms with Crippen LogP contribution < -0.4 is 5.32 Å². The van der Waals surface area contributed by atoms with E-state index in [1.807, 2.05) is 36.4 Å². The first-order valence-corrected chi connectivity index (χ1v) is 6.93. The number of rotatable bonds is 9. The number of nitrogens with one attached hydrogen (secondary N) is 1. The zero-order chi connectivity index (χ0) is 14.8. The van der Waals surface area contributed by atoms with Crippen LogP contribution in [-0.2, 0) is 9.53 Å². The van der Waals surface area contributed by atoms with Crippen LogP contribution in [0.25, 0.3) is 0 Å². The van der Waals surface area contributed by atoms with Crippen molar-refractivity contribution in [2.45, 2.75) is 26.2 Å². The summed E-state index contributed by atoms with van der Waals surface area (Å²) in [5, 5.41) is 2.69. The number of ether oxygens (including phenoxy) is 1. The van der Waals surface area contributed by atoms with Crippen LogP contribution in [0.5, 0.6) is 0 Å². The van der Waals surface area contributed by atoms with E-state index in [1.165, 1.54) is 0 Å². The number of carbonyl (C=O) groups is 1. The van der Waals surface area contributed by atoms with Gasteiger partial charge >= 0.3 is 0 Å². The van der Waals surface area contributed by atoms with Crippen LogP contribution in [0.15, 0.2) is 55.0 Å². The fourth-order valence-electron chi connectivity index (χ4n) is 1.75. The largest absolute Gasteiger partial charge is 0.470 e. The van der Waals surface area contributed by atoms with Gasteiger partial charge in [-0.1, -0.05) is 50.8 Å². The Kier molecular flexibility index (Phi) is 7.18. The first kappa shape index (κ1) is 16.0. The van der Waals surface area contributed by atoms with E-state index in [-0.39, 0.29) is 5.92 Å². The number of hydrogen-bond donors (Lipinski definition) is 1. The summed E-state index contributed by atoms with van der Waals surface area (Å²) >= 11 is 0.